The summed E-state index contributed by atoms with van der Waals surface area (Å²) in [5.41, 5.74) is 8.84. The van der Waals surface area contributed by atoms with E-state index in [-0.39, 0.29) is 12.0 Å². The number of benzene rings is 2. The van der Waals surface area contributed by atoms with Crippen LogP contribution in [-0.2, 0) is 16.1 Å². The minimum absolute atomic E-state index is 0.147. The summed E-state index contributed by atoms with van der Waals surface area (Å²) < 4.78 is 0. The van der Waals surface area contributed by atoms with Crippen LogP contribution in [0.1, 0.15) is 23.7 Å². The second kappa shape index (κ2) is 7.11. The second-order valence-electron chi connectivity index (χ2n) is 6.55. The number of aromatic amines is 1. The highest BCUT2D eigenvalue weighted by molar-refractivity contribution is 6.31. The highest BCUT2D eigenvalue weighted by Gasteiger charge is 2.37. The Morgan fingerprint density at radius 2 is 2.08 bits per heavy atom. The molecule has 1 amide bonds. The topological polar surface area (TPSA) is 71.4 Å². The Hall–Kier alpha value is -2.34. The molecule has 1 fully saturated rings. The molecule has 4 rings (SSSR count). The number of H-pyrrole nitrogens is 1. The highest BCUT2D eigenvalue weighted by atomic mass is 35.5. The number of carbonyl (C=O) groups is 1. The van der Waals surface area contributed by atoms with Crippen molar-refractivity contribution in [2.75, 3.05) is 6.54 Å². The van der Waals surface area contributed by atoms with E-state index in [1.165, 1.54) is 0 Å². The number of primary amides is 1. The van der Waals surface area contributed by atoms with Crippen molar-refractivity contribution < 1.29 is 9.63 Å². The van der Waals surface area contributed by atoms with E-state index in [2.05, 4.69) is 4.98 Å². The van der Waals surface area contributed by atoms with Crippen LogP contribution >= 0.6 is 11.6 Å². The third-order valence-corrected chi connectivity index (χ3v) is 5.11. The van der Waals surface area contributed by atoms with E-state index in [9.17, 15) is 4.79 Å². The van der Waals surface area contributed by atoms with Crippen molar-refractivity contribution >= 4 is 28.4 Å². The number of halogens is 1. The predicted molar refractivity (Wildman–Crippen MR) is 102 cm³/mol. The molecule has 134 valence electrons. The van der Waals surface area contributed by atoms with Gasteiger partial charge < -0.3 is 10.7 Å². The van der Waals surface area contributed by atoms with Gasteiger partial charge in [-0.1, -0.05) is 41.9 Å². The van der Waals surface area contributed by atoms with Crippen LogP contribution in [0.2, 0.25) is 5.02 Å². The van der Waals surface area contributed by atoms with Crippen LogP contribution in [0.5, 0.6) is 0 Å². The van der Waals surface area contributed by atoms with Gasteiger partial charge in [0.05, 0.1) is 0 Å². The van der Waals surface area contributed by atoms with Crippen molar-refractivity contribution in [3.63, 3.8) is 0 Å². The SMILES string of the molecule is NC(=O)C1CC(c2ccccc2)ON1CCc1c[nH]c2ccc(Cl)cc12. The van der Waals surface area contributed by atoms with E-state index in [0.717, 1.165) is 28.5 Å². The molecule has 0 bridgehead atoms. The van der Waals surface area contributed by atoms with E-state index >= 15 is 0 Å². The number of aromatic nitrogens is 1. The number of fused-ring (bicyclic) bond motifs is 1. The molecule has 0 radical (unpaired) electrons. The number of nitrogens with one attached hydrogen (secondary N) is 1. The number of rotatable bonds is 5. The number of carbonyl (C=O) groups excluding carboxylic acids is 1. The van der Waals surface area contributed by atoms with E-state index in [1.807, 2.05) is 54.7 Å². The normalized spacial score (nSPS) is 20.7. The molecule has 1 aliphatic rings. The lowest BCUT2D eigenvalue weighted by Crippen LogP contribution is -2.40. The Kier molecular flexibility index (Phi) is 4.68. The first-order valence-corrected chi connectivity index (χ1v) is 9.03. The van der Waals surface area contributed by atoms with Crippen LogP contribution in [0.3, 0.4) is 0 Å². The van der Waals surface area contributed by atoms with Crippen LogP contribution in [0.15, 0.2) is 54.7 Å². The zero-order chi connectivity index (χ0) is 18.1. The van der Waals surface area contributed by atoms with Crippen molar-refractivity contribution in [3.8, 4) is 0 Å². The maximum absolute atomic E-state index is 11.9. The number of hydrogen-bond acceptors (Lipinski definition) is 3. The lowest BCUT2D eigenvalue weighted by molar-refractivity contribution is -0.169. The molecule has 5 nitrogen and oxygen atoms in total. The fraction of sp³-hybridized carbons (Fsp3) is 0.250. The van der Waals surface area contributed by atoms with Gasteiger partial charge in [0.1, 0.15) is 12.1 Å². The van der Waals surface area contributed by atoms with Gasteiger partial charge in [-0.15, -0.1) is 0 Å². The van der Waals surface area contributed by atoms with E-state index in [1.54, 1.807) is 5.06 Å². The molecule has 26 heavy (non-hydrogen) atoms. The van der Waals surface area contributed by atoms with Crippen molar-refractivity contribution in [1.29, 1.82) is 0 Å². The van der Waals surface area contributed by atoms with Crippen LogP contribution in [0, 0.1) is 0 Å². The lowest BCUT2D eigenvalue weighted by Gasteiger charge is -2.20. The van der Waals surface area contributed by atoms with Crippen LogP contribution in [-0.4, -0.2) is 28.5 Å². The van der Waals surface area contributed by atoms with Crippen LogP contribution in [0.25, 0.3) is 10.9 Å². The van der Waals surface area contributed by atoms with Crippen LogP contribution in [0.4, 0.5) is 0 Å². The Bertz CT molecular complexity index is 925. The number of hydroxylamine groups is 2. The fourth-order valence-electron chi connectivity index (χ4n) is 3.52. The van der Waals surface area contributed by atoms with Gasteiger partial charge in [0.15, 0.2) is 0 Å². The second-order valence-corrected chi connectivity index (χ2v) is 6.99. The first kappa shape index (κ1) is 17.1. The molecule has 0 spiro atoms. The molecule has 3 N–H and O–H groups in total. The fourth-order valence-corrected chi connectivity index (χ4v) is 3.69. The molecule has 1 aromatic heterocycles. The molecule has 0 aliphatic carbocycles. The smallest absolute Gasteiger partial charge is 0.237 e. The first-order valence-electron chi connectivity index (χ1n) is 8.65. The van der Waals surface area contributed by atoms with E-state index in [4.69, 9.17) is 22.2 Å². The number of nitrogens with two attached hydrogens (primary N) is 1. The molecule has 6 heteroatoms. The standard InChI is InChI=1S/C20H20ClN3O2/c21-15-6-7-17-16(10-15)14(12-23-17)8-9-24-18(20(22)25)11-19(26-24)13-4-2-1-3-5-13/h1-7,10,12,18-19,23H,8-9,11H2,(H2,22,25). The summed E-state index contributed by atoms with van der Waals surface area (Å²) in [6.45, 7) is 0.580. The summed E-state index contributed by atoms with van der Waals surface area (Å²) in [6, 6.07) is 15.3. The molecule has 0 saturated carbocycles. The Balaban J connectivity index is 1.50. The zero-order valence-electron chi connectivity index (χ0n) is 14.2. The zero-order valence-corrected chi connectivity index (χ0v) is 14.9. The predicted octanol–water partition coefficient (Wildman–Crippen LogP) is 3.60. The summed E-state index contributed by atoms with van der Waals surface area (Å²) in [4.78, 5) is 21.2. The average Bonchev–Trinajstić information content (AvgIpc) is 3.24. The van der Waals surface area contributed by atoms with Crippen LogP contribution < -0.4 is 5.73 Å². The van der Waals surface area contributed by atoms with Gasteiger partial charge in [0.2, 0.25) is 5.91 Å². The summed E-state index contributed by atoms with van der Waals surface area (Å²) in [7, 11) is 0. The van der Waals surface area contributed by atoms with Gasteiger partial charge in [-0.2, -0.15) is 5.06 Å². The lowest BCUT2D eigenvalue weighted by atomic mass is 10.0. The van der Waals surface area contributed by atoms with Gasteiger partial charge in [-0.3, -0.25) is 9.63 Å². The van der Waals surface area contributed by atoms with Gasteiger partial charge in [-0.05, 0) is 35.7 Å². The molecule has 2 atom stereocenters. The van der Waals surface area contributed by atoms with Gasteiger partial charge in [0, 0.05) is 35.1 Å². The number of amides is 1. The van der Waals surface area contributed by atoms with Crippen molar-refractivity contribution in [2.45, 2.75) is 25.0 Å². The maximum atomic E-state index is 11.9. The third-order valence-electron chi connectivity index (χ3n) is 4.88. The molecule has 3 aromatic rings. The minimum atomic E-state index is -0.422. The molecule has 2 heterocycles. The summed E-state index contributed by atoms with van der Waals surface area (Å²) in [5, 5.41) is 3.52. The minimum Gasteiger partial charge on any atom is -0.368 e. The first-order chi connectivity index (χ1) is 12.6. The molecule has 2 unspecified atom stereocenters. The number of hydrogen-bond donors (Lipinski definition) is 2. The average molecular weight is 370 g/mol. The van der Waals surface area contributed by atoms with Crippen molar-refractivity contribution in [3.05, 3.63) is 70.9 Å². The maximum Gasteiger partial charge on any atom is 0.237 e. The Labute approximate surface area is 156 Å². The monoisotopic (exact) mass is 369 g/mol. The third kappa shape index (κ3) is 3.33. The van der Waals surface area contributed by atoms with Crippen molar-refractivity contribution in [1.82, 2.24) is 10.0 Å². The summed E-state index contributed by atoms with van der Waals surface area (Å²) in [6.07, 6.45) is 3.13. The van der Waals surface area contributed by atoms with E-state index in [0.29, 0.717) is 18.0 Å². The van der Waals surface area contributed by atoms with Gasteiger partial charge in [-0.25, -0.2) is 0 Å². The number of nitrogens with zero attached hydrogens (tertiary/aromatic N) is 1. The van der Waals surface area contributed by atoms with Crippen molar-refractivity contribution in [2.24, 2.45) is 5.73 Å². The Morgan fingerprint density at radius 1 is 1.27 bits per heavy atom. The quantitative estimate of drug-likeness (QED) is 0.721. The summed E-state index contributed by atoms with van der Waals surface area (Å²) in [5.74, 6) is -0.356. The molecular formula is C20H20ClN3O2. The van der Waals surface area contributed by atoms with Gasteiger partial charge in [0.25, 0.3) is 0 Å². The largest absolute Gasteiger partial charge is 0.368 e. The Morgan fingerprint density at radius 3 is 2.85 bits per heavy atom. The molecule has 2 aromatic carbocycles. The highest BCUT2D eigenvalue weighted by Crippen LogP contribution is 2.33. The molecule has 1 saturated heterocycles. The molecule has 1 aliphatic heterocycles. The van der Waals surface area contributed by atoms with E-state index < -0.39 is 6.04 Å². The molecular weight excluding hydrogens is 350 g/mol. The van der Waals surface area contributed by atoms with Gasteiger partial charge >= 0.3 is 0 Å². The summed E-state index contributed by atoms with van der Waals surface area (Å²) >= 11 is 6.12.